The van der Waals surface area contributed by atoms with Crippen molar-refractivity contribution in [2.24, 2.45) is 5.92 Å². The van der Waals surface area contributed by atoms with E-state index in [1.807, 2.05) is 11.0 Å². The van der Waals surface area contributed by atoms with E-state index < -0.39 is 6.04 Å². The summed E-state index contributed by atoms with van der Waals surface area (Å²) in [5.41, 5.74) is 1.27. The molecule has 1 saturated carbocycles. The molecule has 4 heterocycles. The summed E-state index contributed by atoms with van der Waals surface area (Å²) in [4.78, 5) is 47.1. The number of carbonyl (C=O) groups excluding carboxylic acids is 3. The van der Waals surface area contributed by atoms with Gasteiger partial charge in [0.25, 0.3) is 5.91 Å². The molecular weight excluding hydrogens is 334 g/mol. The van der Waals surface area contributed by atoms with Crippen LogP contribution in [0.15, 0.2) is 12.3 Å². The predicted octanol–water partition coefficient (Wildman–Crippen LogP) is 0.792. The Kier molecular flexibility index (Phi) is 2.97. The number of carbonyl (C=O) groups is 3. The van der Waals surface area contributed by atoms with Crippen molar-refractivity contribution in [3.05, 3.63) is 23.5 Å². The van der Waals surface area contributed by atoms with Crippen LogP contribution in [-0.2, 0) is 9.59 Å². The molecule has 4 amide bonds. The van der Waals surface area contributed by atoms with E-state index in [2.05, 4.69) is 4.98 Å². The maximum atomic E-state index is 13.0. The standard InChI is InChI=1S/C18H17N5O3/c1-9-4-11(7-20-13(9)6-19)23-17(25)15-14-5-12(22(15)18(23)26)8-21(14)16(24)10-2-3-10/h4,7,10,12,14-15H,2-3,5,8H2,1H3/t12-,14?,15+/m1/s1. The van der Waals surface area contributed by atoms with Crippen LogP contribution in [0.25, 0.3) is 0 Å². The second-order valence-electron chi connectivity index (χ2n) is 7.50. The lowest BCUT2D eigenvalue weighted by atomic mass is 10.1. The minimum absolute atomic E-state index is 0.0958. The topological polar surface area (TPSA) is 97.6 Å². The number of aryl methyl sites for hydroxylation is 1. The fraction of sp³-hybridized carbons (Fsp3) is 0.500. The number of amides is 4. The van der Waals surface area contributed by atoms with Gasteiger partial charge in [-0.3, -0.25) is 9.59 Å². The number of urea groups is 1. The fourth-order valence-electron chi connectivity index (χ4n) is 4.51. The van der Waals surface area contributed by atoms with E-state index in [9.17, 15) is 14.4 Å². The first kappa shape index (κ1) is 15.3. The molecule has 1 aromatic rings. The van der Waals surface area contributed by atoms with Crippen molar-refractivity contribution >= 4 is 23.5 Å². The van der Waals surface area contributed by atoms with Crippen molar-refractivity contribution in [2.45, 2.75) is 44.3 Å². The van der Waals surface area contributed by atoms with Crippen LogP contribution in [-0.4, -0.2) is 57.3 Å². The number of anilines is 1. The van der Waals surface area contributed by atoms with E-state index in [1.54, 1.807) is 17.9 Å². The predicted molar refractivity (Wildman–Crippen MR) is 88.8 cm³/mol. The zero-order valence-corrected chi connectivity index (χ0v) is 14.3. The summed E-state index contributed by atoms with van der Waals surface area (Å²) in [5, 5.41) is 9.01. The van der Waals surface area contributed by atoms with Gasteiger partial charge in [0.1, 0.15) is 17.8 Å². The van der Waals surface area contributed by atoms with Crippen LogP contribution in [0.1, 0.15) is 30.5 Å². The number of likely N-dealkylation sites (tertiary alicyclic amines) is 1. The number of piperazine rings is 1. The first-order valence-electron chi connectivity index (χ1n) is 8.84. The molecule has 8 heteroatoms. The van der Waals surface area contributed by atoms with Gasteiger partial charge < -0.3 is 9.80 Å². The van der Waals surface area contributed by atoms with Crippen molar-refractivity contribution in [3.8, 4) is 6.07 Å². The number of hydrogen-bond donors (Lipinski definition) is 0. The van der Waals surface area contributed by atoms with Gasteiger partial charge in [0.15, 0.2) is 0 Å². The van der Waals surface area contributed by atoms with Gasteiger partial charge >= 0.3 is 6.03 Å². The molecule has 1 unspecified atom stereocenters. The smallest absolute Gasteiger partial charge is 0.332 e. The molecule has 1 aliphatic carbocycles. The molecule has 0 spiro atoms. The van der Waals surface area contributed by atoms with Crippen molar-refractivity contribution < 1.29 is 14.4 Å². The van der Waals surface area contributed by atoms with Gasteiger partial charge in [0, 0.05) is 12.5 Å². The van der Waals surface area contributed by atoms with Crippen LogP contribution in [0.2, 0.25) is 0 Å². The maximum Gasteiger partial charge on any atom is 0.332 e. The number of aromatic nitrogens is 1. The molecule has 4 fully saturated rings. The number of nitriles is 1. The van der Waals surface area contributed by atoms with Crippen molar-refractivity contribution in [3.63, 3.8) is 0 Å². The zero-order valence-electron chi connectivity index (χ0n) is 14.3. The number of nitrogens with zero attached hydrogens (tertiary/aromatic N) is 5. The largest absolute Gasteiger partial charge is 0.335 e. The average Bonchev–Trinajstić information content (AvgIpc) is 3.21. The fourth-order valence-corrected chi connectivity index (χ4v) is 4.51. The average molecular weight is 351 g/mol. The van der Waals surface area contributed by atoms with E-state index in [0.29, 0.717) is 24.2 Å². The summed E-state index contributed by atoms with van der Waals surface area (Å²) >= 11 is 0. The van der Waals surface area contributed by atoms with E-state index in [4.69, 9.17) is 5.26 Å². The van der Waals surface area contributed by atoms with E-state index in [-0.39, 0.29) is 41.5 Å². The third kappa shape index (κ3) is 1.88. The first-order chi connectivity index (χ1) is 12.5. The number of pyridine rings is 1. The monoisotopic (exact) mass is 351 g/mol. The zero-order chi connectivity index (χ0) is 18.2. The Bertz CT molecular complexity index is 903. The van der Waals surface area contributed by atoms with E-state index >= 15 is 0 Å². The number of fused-ring (bicyclic) bond motifs is 5. The lowest BCUT2D eigenvalue weighted by molar-refractivity contribution is -0.136. The summed E-state index contributed by atoms with van der Waals surface area (Å²) < 4.78 is 0. The highest BCUT2D eigenvalue weighted by Crippen LogP contribution is 2.44. The van der Waals surface area contributed by atoms with Gasteiger partial charge in [-0.15, -0.1) is 0 Å². The van der Waals surface area contributed by atoms with Crippen LogP contribution >= 0.6 is 0 Å². The van der Waals surface area contributed by atoms with E-state index in [0.717, 1.165) is 17.7 Å². The third-order valence-electron chi connectivity index (χ3n) is 5.90. The van der Waals surface area contributed by atoms with Crippen LogP contribution in [0, 0.1) is 24.2 Å². The van der Waals surface area contributed by atoms with E-state index in [1.165, 1.54) is 6.20 Å². The highest BCUT2D eigenvalue weighted by atomic mass is 16.2. The Morgan fingerprint density at radius 2 is 2.12 bits per heavy atom. The summed E-state index contributed by atoms with van der Waals surface area (Å²) in [6, 6.07) is 2.35. The molecular formula is C18H17N5O3. The lowest BCUT2D eigenvalue weighted by Gasteiger charge is -2.35. The van der Waals surface area contributed by atoms with Crippen molar-refractivity contribution in [1.29, 1.82) is 5.26 Å². The van der Waals surface area contributed by atoms with Crippen molar-refractivity contribution in [1.82, 2.24) is 14.8 Å². The number of rotatable bonds is 2. The van der Waals surface area contributed by atoms with Gasteiger partial charge in [0.05, 0.1) is 24.0 Å². The quantitative estimate of drug-likeness (QED) is 0.734. The molecule has 3 aliphatic heterocycles. The summed E-state index contributed by atoms with van der Waals surface area (Å²) in [6.07, 6.45) is 3.92. The Hall–Kier alpha value is -2.95. The van der Waals surface area contributed by atoms with Gasteiger partial charge in [-0.1, -0.05) is 0 Å². The summed E-state index contributed by atoms with van der Waals surface area (Å²) in [7, 11) is 0. The van der Waals surface area contributed by atoms with Crippen LogP contribution < -0.4 is 4.90 Å². The highest BCUT2D eigenvalue weighted by Gasteiger charge is 2.63. The molecule has 132 valence electrons. The van der Waals surface area contributed by atoms with Crippen LogP contribution in [0.4, 0.5) is 10.5 Å². The third-order valence-corrected chi connectivity index (χ3v) is 5.90. The maximum absolute atomic E-state index is 13.0. The molecule has 3 atom stereocenters. The summed E-state index contributed by atoms with van der Waals surface area (Å²) in [5.74, 6) is -0.0649. The van der Waals surface area contributed by atoms with Gasteiger partial charge in [-0.2, -0.15) is 5.26 Å². The molecule has 8 nitrogen and oxygen atoms in total. The molecule has 3 saturated heterocycles. The molecule has 2 bridgehead atoms. The number of imide groups is 1. The molecule has 0 N–H and O–H groups in total. The van der Waals surface area contributed by atoms with Gasteiger partial charge in [-0.05, 0) is 37.8 Å². The second kappa shape index (κ2) is 5.04. The number of hydrogen-bond acceptors (Lipinski definition) is 5. The normalized spacial score (nSPS) is 29.4. The molecule has 1 aromatic heterocycles. The van der Waals surface area contributed by atoms with Gasteiger partial charge in [0.2, 0.25) is 5.91 Å². The summed E-state index contributed by atoms with van der Waals surface area (Å²) in [6.45, 7) is 2.24. The Labute approximate surface area is 150 Å². The minimum atomic E-state index is -0.597. The Morgan fingerprint density at radius 3 is 2.77 bits per heavy atom. The van der Waals surface area contributed by atoms with Gasteiger partial charge in [-0.25, -0.2) is 14.7 Å². The van der Waals surface area contributed by atoms with Crippen molar-refractivity contribution in [2.75, 3.05) is 11.4 Å². The molecule has 0 aromatic carbocycles. The van der Waals surface area contributed by atoms with Crippen LogP contribution in [0.3, 0.4) is 0 Å². The molecule has 0 radical (unpaired) electrons. The molecule has 26 heavy (non-hydrogen) atoms. The first-order valence-corrected chi connectivity index (χ1v) is 8.84. The highest BCUT2D eigenvalue weighted by molar-refractivity contribution is 6.22. The Balaban J connectivity index is 1.47. The van der Waals surface area contributed by atoms with Crippen LogP contribution in [0.5, 0.6) is 0 Å². The Morgan fingerprint density at radius 1 is 1.35 bits per heavy atom. The SMILES string of the molecule is Cc1cc(N2C(=O)[C@@H]3C4C[C@H](CN4C(=O)C4CC4)N3C2=O)cnc1C#N. The second-order valence-corrected chi connectivity index (χ2v) is 7.50. The molecule has 4 aliphatic rings. The minimum Gasteiger partial charge on any atom is -0.335 e. The lowest BCUT2D eigenvalue weighted by Crippen LogP contribution is -2.55. The molecule has 5 rings (SSSR count).